The van der Waals surface area contributed by atoms with Crippen LogP contribution in [0.3, 0.4) is 0 Å². The first-order valence-electron chi connectivity index (χ1n) is 5.48. The van der Waals surface area contributed by atoms with E-state index in [9.17, 15) is 0 Å². The smallest absolute Gasteiger partial charge is 0.107 e. The standard InChI is InChI=1S/C11H18N3S/c1-9(2)10-8-15-11(13-10)7-14-5-3-12-4-6-14/h5,8-9,12H,3-4,6-7H2,1-2H3. The number of hydrogen-bond acceptors (Lipinski definition) is 4. The maximum atomic E-state index is 4.64. The van der Waals surface area contributed by atoms with E-state index in [0.717, 1.165) is 26.2 Å². The monoisotopic (exact) mass is 224 g/mol. The molecule has 1 aliphatic rings. The van der Waals surface area contributed by atoms with Gasteiger partial charge in [-0.1, -0.05) is 13.8 Å². The zero-order valence-electron chi connectivity index (χ0n) is 9.36. The minimum atomic E-state index is 0.544. The van der Waals surface area contributed by atoms with E-state index >= 15 is 0 Å². The van der Waals surface area contributed by atoms with Gasteiger partial charge < -0.3 is 5.32 Å². The third-order valence-electron chi connectivity index (χ3n) is 2.57. The number of rotatable bonds is 3. The van der Waals surface area contributed by atoms with Crippen molar-refractivity contribution in [1.29, 1.82) is 0 Å². The minimum absolute atomic E-state index is 0.544. The summed E-state index contributed by atoms with van der Waals surface area (Å²) >= 11 is 1.78. The Morgan fingerprint density at radius 1 is 1.60 bits per heavy atom. The second kappa shape index (κ2) is 5.05. The molecular formula is C11H18N3S. The van der Waals surface area contributed by atoms with Crippen molar-refractivity contribution < 1.29 is 0 Å². The van der Waals surface area contributed by atoms with Gasteiger partial charge in [-0.25, -0.2) is 4.98 Å². The van der Waals surface area contributed by atoms with Crippen LogP contribution >= 0.6 is 11.3 Å². The summed E-state index contributed by atoms with van der Waals surface area (Å²) in [5.74, 6) is 0.544. The molecule has 2 rings (SSSR count). The van der Waals surface area contributed by atoms with Crippen LogP contribution in [0.25, 0.3) is 0 Å². The average Bonchev–Trinajstić information content (AvgIpc) is 2.68. The van der Waals surface area contributed by atoms with Crippen LogP contribution < -0.4 is 5.32 Å². The highest BCUT2D eigenvalue weighted by molar-refractivity contribution is 7.09. The van der Waals surface area contributed by atoms with Crippen LogP contribution in [0.15, 0.2) is 5.38 Å². The van der Waals surface area contributed by atoms with E-state index in [-0.39, 0.29) is 0 Å². The molecule has 1 aromatic heterocycles. The van der Waals surface area contributed by atoms with Gasteiger partial charge in [0.05, 0.1) is 12.2 Å². The molecule has 1 saturated heterocycles. The Morgan fingerprint density at radius 3 is 3.07 bits per heavy atom. The highest BCUT2D eigenvalue weighted by Crippen LogP contribution is 2.19. The van der Waals surface area contributed by atoms with Gasteiger partial charge in [-0.15, -0.1) is 11.3 Å². The van der Waals surface area contributed by atoms with Gasteiger partial charge in [-0.05, 0) is 5.92 Å². The largest absolute Gasteiger partial charge is 0.314 e. The predicted molar refractivity (Wildman–Crippen MR) is 63.8 cm³/mol. The van der Waals surface area contributed by atoms with Gasteiger partial charge in [0, 0.05) is 31.6 Å². The van der Waals surface area contributed by atoms with Crippen molar-refractivity contribution in [2.24, 2.45) is 0 Å². The van der Waals surface area contributed by atoms with Gasteiger partial charge >= 0.3 is 0 Å². The summed E-state index contributed by atoms with van der Waals surface area (Å²) in [7, 11) is 0. The molecule has 0 unspecified atom stereocenters. The fourth-order valence-corrected chi connectivity index (χ4v) is 2.57. The molecule has 15 heavy (non-hydrogen) atoms. The van der Waals surface area contributed by atoms with E-state index in [0.29, 0.717) is 5.92 Å². The lowest BCUT2D eigenvalue weighted by Crippen LogP contribution is -2.39. The Labute approximate surface area is 95.5 Å². The molecule has 0 amide bonds. The molecule has 0 aliphatic carbocycles. The van der Waals surface area contributed by atoms with E-state index in [1.54, 1.807) is 11.3 Å². The Morgan fingerprint density at radius 2 is 2.47 bits per heavy atom. The van der Waals surface area contributed by atoms with Gasteiger partial charge in [0.1, 0.15) is 5.01 Å². The molecule has 1 aromatic rings. The number of thiazole rings is 1. The Kier molecular flexibility index (Phi) is 3.72. The quantitative estimate of drug-likeness (QED) is 0.849. The molecule has 1 N–H and O–H groups in total. The fraction of sp³-hybridized carbons (Fsp3) is 0.636. The van der Waals surface area contributed by atoms with Gasteiger partial charge in [0.15, 0.2) is 0 Å². The molecule has 0 spiro atoms. The maximum Gasteiger partial charge on any atom is 0.107 e. The Bertz CT molecular complexity index is 303. The molecule has 83 valence electrons. The minimum Gasteiger partial charge on any atom is -0.314 e. The summed E-state index contributed by atoms with van der Waals surface area (Å²) in [6.45, 7) is 10.7. The summed E-state index contributed by atoms with van der Waals surface area (Å²) < 4.78 is 0. The first-order valence-corrected chi connectivity index (χ1v) is 6.36. The Hall–Kier alpha value is -0.450. The van der Waals surface area contributed by atoms with Crippen LogP contribution in [-0.2, 0) is 6.54 Å². The van der Waals surface area contributed by atoms with E-state index in [1.165, 1.54) is 10.7 Å². The van der Waals surface area contributed by atoms with Gasteiger partial charge in [-0.3, -0.25) is 4.90 Å². The highest BCUT2D eigenvalue weighted by atomic mass is 32.1. The summed E-state index contributed by atoms with van der Waals surface area (Å²) in [6.07, 6.45) is 0. The summed E-state index contributed by atoms with van der Waals surface area (Å²) in [6, 6.07) is 0. The van der Waals surface area contributed by atoms with Crippen LogP contribution in [-0.4, -0.2) is 29.5 Å². The molecule has 0 aromatic carbocycles. The van der Waals surface area contributed by atoms with E-state index < -0.39 is 0 Å². The van der Waals surface area contributed by atoms with Crippen LogP contribution in [0.4, 0.5) is 0 Å². The number of aromatic nitrogens is 1. The zero-order chi connectivity index (χ0) is 10.7. The molecule has 2 heterocycles. The van der Waals surface area contributed by atoms with Crippen molar-refractivity contribution in [1.82, 2.24) is 15.2 Å². The van der Waals surface area contributed by atoms with Crippen LogP contribution in [0, 0.1) is 6.54 Å². The van der Waals surface area contributed by atoms with Crippen molar-refractivity contribution >= 4 is 11.3 Å². The molecule has 3 nitrogen and oxygen atoms in total. The van der Waals surface area contributed by atoms with Gasteiger partial charge in [-0.2, -0.15) is 0 Å². The predicted octanol–water partition coefficient (Wildman–Crippen LogP) is 1.83. The van der Waals surface area contributed by atoms with Crippen LogP contribution in [0.5, 0.6) is 0 Å². The third-order valence-corrected chi connectivity index (χ3v) is 3.42. The van der Waals surface area contributed by atoms with Crippen molar-refractivity contribution in [3.05, 3.63) is 22.6 Å². The maximum absolute atomic E-state index is 4.64. The zero-order valence-corrected chi connectivity index (χ0v) is 10.2. The van der Waals surface area contributed by atoms with Crippen LogP contribution in [0.1, 0.15) is 30.5 Å². The Balaban J connectivity index is 1.91. The lowest BCUT2D eigenvalue weighted by molar-refractivity contribution is 0.285. The van der Waals surface area contributed by atoms with Crippen LogP contribution in [0.2, 0.25) is 0 Å². The molecule has 1 radical (unpaired) electrons. The van der Waals surface area contributed by atoms with E-state index in [2.05, 4.69) is 41.0 Å². The lowest BCUT2D eigenvalue weighted by Gasteiger charge is -2.25. The highest BCUT2D eigenvalue weighted by Gasteiger charge is 2.13. The number of hydrogen-bond donors (Lipinski definition) is 1. The SMILES string of the molecule is CC(C)c1csc(CN2[CH]CNCC2)n1. The lowest BCUT2D eigenvalue weighted by atomic mass is 10.2. The molecule has 0 saturated carbocycles. The number of nitrogens with zero attached hydrogens (tertiary/aromatic N) is 2. The van der Waals surface area contributed by atoms with E-state index in [4.69, 9.17) is 0 Å². The van der Waals surface area contributed by atoms with Gasteiger partial charge in [0.2, 0.25) is 0 Å². The normalized spacial score (nSPS) is 18.6. The summed E-state index contributed by atoms with van der Waals surface area (Å²) in [5, 5.41) is 6.73. The molecule has 0 atom stereocenters. The second-order valence-corrected chi connectivity index (χ2v) is 5.12. The second-order valence-electron chi connectivity index (χ2n) is 4.18. The average molecular weight is 224 g/mol. The fourth-order valence-electron chi connectivity index (χ4n) is 1.59. The molecule has 1 fully saturated rings. The van der Waals surface area contributed by atoms with E-state index in [1.807, 2.05) is 0 Å². The molecule has 4 heteroatoms. The van der Waals surface area contributed by atoms with Crippen molar-refractivity contribution in [3.63, 3.8) is 0 Å². The molecule has 0 bridgehead atoms. The third kappa shape index (κ3) is 3.00. The van der Waals surface area contributed by atoms with Gasteiger partial charge in [0.25, 0.3) is 0 Å². The summed E-state index contributed by atoms with van der Waals surface area (Å²) in [4.78, 5) is 6.99. The number of piperazine rings is 1. The topological polar surface area (TPSA) is 28.2 Å². The first kappa shape index (κ1) is 11.0. The molecule has 1 aliphatic heterocycles. The first-order chi connectivity index (χ1) is 7.25. The number of nitrogens with one attached hydrogen (secondary N) is 1. The van der Waals surface area contributed by atoms with Crippen molar-refractivity contribution in [3.8, 4) is 0 Å². The van der Waals surface area contributed by atoms with Crippen molar-refractivity contribution in [2.75, 3.05) is 19.6 Å². The summed E-state index contributed by atoms with van der Waals surface area (Å²) in [5.41, 5.74) is 1.23. The van der Waals surface area contributed by atoms with Crippen molar-refractivity contribution in [2.45, 2.75) is 26.3 Å². The molecular weight excluding hydrogens is 206 g/mol.